The van der Waals surface area contributed by atoms with Crippen molar-refractivity contribution in [3.8, 4) is 5.69 Å². The van der Waals surface area contributed by atoms with Crippen molar-refractivity contribution in [2.45, 2.75) is 20.3 Å². The molecular formula is C13H16ClN3. The van der Waals surface area contributed by atoms with E-state index in [9.17, 15) is 0 Å². The molecule has 0 saturated carbocycles. The van der Waals surface area contributed by atoms with Gasteiger partial charge >= 0.3 is 0 Å². The average molecular weight is 250 g/mol. The summed E-state index contributed by atoms with van der Waals surface area (Å²) in [7, 11) is 0. The molecule has 0 amide bonds. The summed E-state index contributed by atoms with van der Waals surface area (Å²) < 4.78 is 1.77. The Kier molecular flexibility index (Phi) is 3.50. The van der Waals surface area contributed by atoms with Crippen molar-refractivity contribution in [2.24, 2.45) is 5.73 Å². The van der Waals surface area contributed by atoms with Crippen LogP contribution in [0.15, 0.2) is 24.3 Å². The van der Waals surface area contributed by atoms with Gasteiger partial charge in [-0.15, -0.1) is 0 Å². The zero-order valence-electron chi connectivity index (χ0n) is 10.1. The molecule has 0 spiro atoms. The summed E-state index contributed by atoms with van der Waals surface area (Å²) in [6, 6.07) is 8.11. The molecule has 2 aromatic rings. The van der Waals surface area contributed by atoms with E-state index in [0.717, 1.165) is 23.4 Å². The molecule has 90 valence electrons. The summed E-state index contributed by atoms with van der Waals surface area (Å²) in [4.78, 5) is 0. The summed E-state index contributed by atoms with van der Waals surface area (Å²) in [5, 5.41) is 5.13. The van der Waals surface area contributed by atoms with E-state index < -0.39 is 0 Å². The second-order valence-corrected chi connectivity index (χ2v) is 4.50. The van der Waals surface area contributed by atoms with Gasteiger partial charge in [-0.1, -0.05) is 23.7 Å². The van der Waals surface area contributed by atoms with Crippen molar-refractivity contribution >= 4 is 11.6 Å². The molecule has 0 radical (unpaired) electrons. The van der Waals surface area contributed by atoms with Gasteiger partial charge in [0.1, 0.15) is 5.15 Å². The highest BCUT2D eigenvalue weighted by Gasteiger charge is 2.13. The fourth-order valence-corrected chi connectivity index (χ4v) is 2.26. The number of aryl methyl sites for hydroxylation is 2. The van der Waals surface area contributed by atoms with Crippen molar-refractivity contribution < 1.29 is 0 Å². The molecule has 1 aromatic carbocycles. The van der Waals surface area contributed by atoms with Gasteiger partial charge in [0.2, 0.25) is 0 Å². The van der Waals surface area contributed by atoms with Crippen LogP contribution in [-0.4, -0.2) is 16.3 Å². The zero-order valence-corrected chi connectivity index (χ0v) is 10.8. The van der Waals surface area contributed by atoms with Crippen LogP contribution in [0, 0.1) is 13.8 Å². The highest BCUT2D eigenvalue weighted by Crippen LogP contribution is 2.24. The Hall–Kier alpha value is -1.32. The van der Waals surface area contributed by atoms with Crippen LogP contribution in [0.5, 0.6) is 0 Å². The molecular weight excluding hydrogens is 234 g/mol. The lowest BCUT2D eigenvalue weighted by molar-refractivity contribution is 0.862. The third-order valence-electron chi connectivity index (χ3n) is 2.76. The number of nitrogens with two attached hydrogens (primary N) is 1. The molecule has 0 atom stereocenters. The maximum atomic E-state index is 6.34. The molecule has 1 heterocycles. The van der Waals surface area contributed by atoms with Crippen molar-refractivity contribution in [1.82, 2.24) is 9.78 Å². The Bertz CT molecular complexity index is 531. The van der Waals surface area contributed by atoms with Crippen LogP contribution in [0.2, 0.25) is 5.15 Å². The van der Waals surface area contributed by atoms with Gasteiger partial charge in [0.05, 0.1) is 11.4 Å². The number of benzene rings is 1. The van der Waals surface area contributed by atoms with Gasteiger partial charge in [-0.25, -0.2) is 4.68 Å². The average Bonchev–Trinajstić information content (AvgIpc) is 2.57. The first-order valence-corrected chi connectivity index (χ1v) is 6.02. The molecule has 3 nitrogen and oxygen atoms in total. The summed E-state index contributed by atoms with van der Waals surface area (Å²) in [6.07, 6.45) is 0.760. The van der Waals surface area contributed by atoms with E-state index in [0.29, 0.717) is 11.7 Å². The summed E-state index contributed by atoms with van der Waals surface area (Å²) in [6.45, 7) is 4.60. The topological polar surface area (TPSA) is 43.8 Å². The van der Waals surface area contributed by atoms with Crippen molar-refractivity contribution in [3.63, 3.8) is 0 Å². The van der Waals surface area contributed by atoms with E-state index in [2.05, 4.69) is 24.2 Å². The monoisotopic (exact) mass is 249 g/mol. The third-order valence-corrected chi connectivity index (χ3v) is 3.15. The third kappa shape index (κ3) is 2.35. The minimum Gasteiger partial charge on any atom is -0.330 e. The molecule has 0 saturated heterocycles. The Morgan fingerprint density at radius 1 is 1.35 bits per heavy atom. The maximum absolute atomic E-state index is 6.34. The van der Waals surface area contributed by atoms with Crippen molar-refractivity contribution in [1.29, 1.82) is 0 Å². The summed E-state index contributed by atoms with van der Waals surface area (Å²) in [5.74, 6) is 0. The smallest absolute Gasteiger partial charge is 0.136 e. The second kappa shape index (κ2) is 4.90. The minimum absolute atomic E-state index is 0.583. The van der Waals surface area contributed by atoms with E-state index in [1.165, 1.54) is 5.56 Å². The first kappa shape index (κ1) is 12.1. The molecule has 1 aromatic heterocycles. The maximum Gasteiger partial charge on any atom is 0.136 e. The molecule has 2 rings (SSSR count). The Morgan fingerprint density at radius 3 is 2.76 bits per heavy atom. The standard InChI is InChI=1S/C13H16ClN3/c1-9-4-3-5-11(8-9)17-13(14)12(6-7-15)10(2)16-17/h3-5,8H,6-7,15H2,1-2H3. The van der Waals surface area contributed by atoms with E-state index in [4.69, 9.17) is 17.3 Å². The van der Waals surface area contributed by atoms with Crippen LogP contribution in [0.3, 0.4) is 0 Å². The van der Waals surface area contributed by atoms with E-state index in [1.807, 2.05) is 19.1 Å². The fraction of sp³-hybridized carbons (Fsp3) is 0.308. The number of hydrogen-bond acceptors (Lipinski definition) is 2. The van der Waals surface area contributed by atoms with Crippen molar-refractivity contribution in [2.75, 3.05) is 6.54 Å². The SMILES string of the molecule is Cc1cccc(-n2nc(C)c(CCN)c2Cl)c1. The van der Waals surface area contributed by atoms with Crippen LogP contribution in [0.25, 0.3) is 5.69 Å². The van der Waals surface area contributed by atoms with Gasteiger partial charge in [-0.2, -0.15) is 5.10 Å². The quantitative estimate of drug-likeness (QED) is 0.909. The lowest BCUT2D eigenvalue weighted by Crippen LogP contribution is -2.03. The minimum atomic E-state index is 0.583. The highest BCUT2D eigenvalue weighted by molar-refractivity contribution is 6.30. The fourth-order valence-electron chi connectivity index (χ4n) is 1.89. The molecule has 0 aliphatic rings. The largest absolute Gasteiger partial charge is 0.330 e. The Morgan fingerprint density at radius 2 is 2.12 bits per heavy atom. The van der Waals surface area contributed by atoms with Crippen LogP contribution >= 0.6 is 11.6 Å². The van der Waals surface area contributed by atoms with E-state index in [-0.39, 0.29) is 0 Å². The van der Waals surface area contributed by atoms with Gasteiger partial charge < -0.3 is 5.73 Å². The lowest BCUT2D eigenvalue weighted by Gasteiger charge is -2.04. The zero-order chi connectivity index (χ0) is 12.4. The van der Waals surface area contributed by atoms with Crippen molar-refractivity contribution in [3.05, 3.63) is 46.2 Å². The molecule has 2 N–H and O–H groups in total. The Labute approximate surface area is 106 Å². The molecule has 0 unspecified atom stereocenters. The van der Waals surface area contributed by atoms with Gasteiger partial charge in [-0.05, 0) is 44.5 Å². The van der Waals surface area contributed by atoms with Gasteiger partial charge in [0.25, 0.3) is 0 Å². The van der Waals surface area contributed by atoms with Gasteiger partial charge in [-0.3, -0.25) is 0 Å². The molecule has 17 heavy (non-hydrogen) atoms. The highest BCUT2D eigenvalue weighted by atomic mass is 35.5. The molecule has 0 fully saturated rings. The number of rotatable bonds is 3. The van der Waals surface area contributed by atoms with Crippen LogP contribution in [0.4, 0.5) is 0 Å². The first-order valence-electron chi connectivity index (χ1n) is 5.64. The number of aromatic nitrogens is 2. The molecule has 0 bridgehead atoms. The van der Waals surface area contributed by atoms with Crippen LogP contribution in [-0.2, 0) is 6.42 Å². The van der Waals surface area contributed by atoms with E-state index >= 15 is 0 Å². The number of hydrogen-bond donors (Lipinski definition) is 1. The second-order valence-electron chi connectivity index (χ2n) is 4.14. The number of halogens is 1. The normalized spacial score (nSPS) is 10.8. The summed E-state index contributed by atoms with van der Waals surface area (Å²) >= 11 is 6.34. The van der Waals surface area contributed by atoms with Crippen LogP contribution in [0.1, 0.15) is 16.8 Å². The first-order chi connectivity index (χ1) is 8.13. The van der Waals surface area contributed by atoms with Gasteiger partial charge in [0, 0.05) is 5.56 Å². The Balaban J connectivity index is 2.50. The molecule has 4 heteroatoms. The van der Waals surface area contributed by atoms with Crippen LogP contribution < -0.4 is 5.73 Å². The predicted octanol–water partition coefficient (Wildman–Crippen LogP) is 2.64. The summed E-state index contributed by atoms with van der Waals surface area (Å²) in [5.41, 5.74) is 9.73. The van der Waals surface area contributed by atoms with E-state index in [1.54, 1.807) is 4.68 Å². The predicted molar refractivity (Wildman–Crippen MR) is 70.8 cm³/mol. The molecule has 0 aliphatic heterocycles. The molecule has 0 aliphatic carbocycles. The lowest BCUT2D eigenvalue weighted by atomic mass is 10.2. The number of nitrogens with zero attached hydrogens (tertiary/aromatic N) is 2. The van der Waals surface area contributed by atoms with Gasteiger partial charge in [0.15, 0.2) is 0 Å².